The van der Waals surface area contributed by atoms with E-state index in [1.54, 1.807) is 4.90 Å². The van der Waals surface area contributed by atoms with Crippen LogP contribution in [0.25, 0.3) is 0 Å². The van der Waals surface area contributed by atoms with Gasteiger partial charge in [-0.3, -0.25) is 14.9 Å². The van der Waals surface area contributed by atoms with Gasteiger partial charge in [0.1, 0.15) is 4.88 Å². The molecule has 1 N–H and O–H groups in total. The number of hydrogen-bond donors (Lipinski definition) is 1. The molecule has 1 aromatic rings. The fraction of sp³-hybridized carbons (Fsp3) is 0.545. The van der Waals surface area contributed by atoms with E-state index in [0.717, 1.165) is 24.2 Å². The summed E-state index contributed by atoms with van der Waals surface area (Å²) in [5, 5.41) is 19.7. The Bertz CT molecular complexity index is 497. The van der Waals surface area contributed by atoms with Gasteiger partial charge in [-0.15, -0.1) is 11.3 Å². The molecule has 1 aromatic heterocycles. The lowest BCUT2D eigenvalue weighted by Gasteiger charge is -2.30. The molecule has 0 aromatic carbocycles. The summed E-state index contributed by atoms with van der Waals surface area (Å²) in [6.07, 6.45) is 1.51. The largest absolute Gasteiger partial charge is 0.396 e. The van der Waals surface area contributed by atoms with Gasteiger partial charge in [-0.05, 0) is 18.8 Å². The summed E-state index contributed by atoms with van der Waals surface area (Å²) in [6, 6.07) is 1.23. The van der Waals surface area contributed by atoms with Crippen LogP contribution in [0.5, 0.6) is 0 Å². The molecule has 19 heavy (non-hydrogen) atoms. The SMILES string of the molecule is O=C(c1cc([N+](=O)[O-])c(Cl)s1)N1CCC(CO)CC1. The number of thiophene rings is 1. The Morgan fingerprint density at radius 3 is 2.68 bits per heavy atom. The van der Waals surface area contributed by atoms with Crippen LogP contribution in [0, 0.1) is 16.0 Å². The molecular weight excluding hydrogens is 292 g/mol. The van der Waals surface area contributed by atoms with Crippen molar-refractivity contribution in [2.75, 3.05) is 19.7 Å². The summed E-state index contributed by atoms with van der Waals surface area (Å²) < 4.78 is 0.0265. The fourth-order valence-electron chi connectivity index (χ4n) is 2.06. The van der Waals surface area contributed by atoms with Crippen molar-refractivity contribution in [3.05, 3.63) is 25.4 Å². The molecule has 0 atom stereocenters. The fourth-order valence-corrected chi connectivity index (χ4v) is 3.25. The zero-order chi connectivity index (χ0) is 14.0. The summed E-state index contributed by atoms with van der Waals surface area (Å²) in [5.74, 6) is 0.0155. The van der Waals surface area contributed by atoms with Gasteiger partial charge in [0.2, 0.25) is 0 Å². The molecule has 2 rings (SSSR count). The first-order chi connectivity index (χ1) is 9.02. The number of likely N-dealkylation sites (tertiary alicyclic amines) is 1. The number of nitrogens with zero attached hydrogens (tertiary/aromatic N) is 2. The van der Waals surface area contributed by atoms with Crippen molar-refractivity contribution in [1.82, 2.24) is 4.90 Å². The maximum Gasteiger partial charge on any atom is 0.299 e. The molecule has 2 heterocycles. The molecule has 6 nitrogen and oxygen atoms in total. The molecule has 0 radical (unpaired) electrons. The van der Waals surface area contributed by atoms with Crippen molar-refractivity contribution in [3.8, 4) is 0 Å². The average molecular weight is 305 g/mol. The molecular formula is C11H13ClN2O4S. The maximum absolute atomic E-state index is 12.2. The summed E-state index contributed by atoms with van der Waals surface area (Å²) >= 11 is 6.68. The Morgan fingerprint density at radius 2 is 2.21 bits per heavy atom. The van der Waals surface area contributed by atoms with Gasteiger partial charge in [0.05, 0.1) is 4.92 Å². The minimum atomic E-state index is -0.590. The first-order valence-corrected chi connectivity index (χ1v) is 7.06. The van der Waals surface area contributed by atoms with Crippen LogP contribution >= 0.6 is 22.9 Å². The molecule has 1 fully saturated rings. The van der Waals surface area contributed by atoms with Gasteiger partial charge in [0.15, 0.2) is 4.34 Å². The average Bonchev–Trinajstić information content (AvgIpc) is 2.80. The molecule has 0 spiro atoms. The predicted octanol–water partition coefficient (Wildman–Crippen LogP) is 2.15. The second-order valence-electron chi connectivity index (χ2n) is 4.44. The number of carbonyl (C=O) groups is 1. The summed E-state index contributed by atoms with van der Waals surface area (Å²) in [7, 11) is 0. The number of carbonyl (C=O) groups excluding carboxylic acids is 1. The van der Waals surface area contributed by atoms with E-state index in [-0.39, 0.29) is 28.5 Å². The Kier molecular flexibility index (Phi) is 4.38. The van der Waals surface area contributed by atoms with Crippen LogP contribution < -0.4 is 0 Å². The Labute approximate surface area is 118 Å². The number of amides is 1. The minimum Gasteiger partial charge on any atom is -0.396 e. The van der Waals surface area contributed by atoms with Crippen molar-refractivity contribution in [1.29, 1.82) is 0 Å². The highest BCUT2D eigenvalue weighted by atomic mass is 35.5. The molecule has 8 heteroatoms. The van der Waals surface area contributed by atoms with Crippen LogP contribution in [0.15, 0.2) is 6.07 Å². The first-order valence-electron chi connectivity index (χ1n) is 5.86. The van der Waals surface area contributed by atoms with Crippen molar-refractivity contribution in [2.45, 2.75) is 12.8 Å². The van der Waals surface area contributed by atoms with Crippen LogP contribution in [0.3, 0.4) is 0 Å². The third-order valence-corrected chi connectivity index (χ3v) is 4.56. The molecule has 1 aliphatic heterocycles. The van der Waals surface area contributed by atoms with Gasteiger partial charge in [-0.2, -0.15) is 0 Å². The van der Waals surface area contributed by atoms with Gasteiger partial charge >= 0.3 is 0 Å². The van der Waals surface area contributed by atoms with Crippen molar-refractivity contribution >= 4 is 34.5 Å². The van der Waals surface area contributed by atoms with E-state index in [1.165, 1.54) is 6.07 Å². The van der Waals surface area contributed by atoms with Gasteiger partial charge < -0.3 is 10.0 Å². The number of piperidine rings is 1. The monoisotopic (exact) mass is 304 g/mol. The number of halogens is 1. The van der Waals surface area contributed by atoms with Gasteiger partial charge in [0.25, 0.3) is 11.6 Å². The molecule has 0 bridgehead atoms. The Morgan fingerprint density at radius 1 is 1.58 bits per heavy atom. The highest BCUT2D eigenvalue weighted by Gasteiger charge is 2.27. The van der Waals surface area contributed by atoms with E-state index in [2.05, 4.69) is 0 Å². The molecule has 0 unspecified atom stereocenters. The van der Waals surface area contributed by atoms with Gasteiger partial charge in [-0.1, -0.05) is 11.6 Å². The molecule has 104 valence electrons. The summed E-state index contributed by atoms with van der Waals surface area (Å²) in [5.41, 5.74) is -0.222. The van der Waals surface area contributed by atoms with E-state index < -0.39 is 4.92 Å². The van der Waals surface area contributed by atoms with E-state index in [0.29, 0.717) is 18.0 Å². The molecule has 0 aliphatic carbocycles. The smallest absolute Gasteiger partial charge is 0.299 e. The standard InChI is InChI=1S/C11H13ClN2O4S/c12-10-8(14(17)18)5-9(19-10)11(16)13-3-1-7(6-15)2-4-13/h5,7,15H,1-4,6H2. The molecule has 1 saturated heterocycles. The second kappa shape index (κ2) is 5.85. The van der Waals surface area contributed by atoms with Crippen LogP contribution in [-0.2, 0) is 0 Å². The summed E-state index contributed by atoms with van der Waals surface area (Å²) in [6.45, 7) is 1.26. The Hall–Kier alpha value is -1.18. The molecule has 1 aliphatic rings. The zero-order valence-electron chi connectivity index (χ0n) is 10.0. The predicted molar refractivity (Wildman–Crippen MR) is 71.7 cm³/mol. The number of hydrogen-bond acceptors (Lipinski definition) is 5. The maximum atomic E-state index is 12.2. The van der Waals surface area contributed by atoms with E-state index in [1.807, 2.05) is 0 Å². The van der Waals surface area contributed by atoms with Gasteiger partial charge in [-0.25, -0.2) is 0 Å². The van der Waals surface area contributed by atoms with E-state index in [4.69, 9.17) is 16.7 Å². The lowest BCUT2D eigenvalue weighted by Crippen LogP contribution is -2.38. The van der Waals surface area contributed by atoms with Crippen LogP contribution in [0.4, 0.5) is 5.69 Å². The Balaban J connectivity index is 2.08. The van der Waals surface area contributed by atoms with Crippen molar-refractivity contribution in [2.24, 2.45) is 5.92 Å². The number of aliphatic hydroxyl groups excluding tert-OH is 1. The third-order valence-electron chi connectivity index (χ3n) is 3.24. The van der Waals surface area contributed by atoms with E-state index in [9.17, 15) is 14.9 Å². The third kappa shape index (κ3) is 3.05. The van der Waals surface area contributed by atoms with Crippen molar-refractivity contribution < 1.29 is 14.8 Å². The number of nitro groups is 1. The lowest BCUT2D eigenvalue weighted by atomic mass is 9.98. The second-order valence-corrected chi connectivity index (χ2v) is 6.10. The van der Waals surface area contributed by atoms with E-state index >= 15 is 0 Å². The van der Waals surface area contributed by atoms with Gasteiger partial charge in [0, 0.05) is 25.8 Å². The minimum absolute atomic E-state index is 0.0265. The topological polar surface area (TPSA) is 83.7 Å². The number of rotatable bonds is 3. The van der Waals surface area contributed by atoms with Crippen LogP contribution in [0.2, 0.25) is 4.34 Å². The molecule has 1 amide bonds. The number of aliphatic hydroxyl groups is 1. The summed E-state index contributed by atoms with van der Waals surface area (Å²) in [4.78, 5) is 24.2. The highest BCUT2D eigenvalue weighted by Crippen LogP contribution is 2.34. The quantitative estimate of drug-likeness (QED) is 0.685. The lowest BCUT2D eigenvalue weighted by molar-refractivity contribution is -0.384. The normalized spacial score (nSPS) is 16.6. The van der Waals surface area contributed by atoms with Crippen LogP contribution in [-0.4, -0.2) is 40.5 Å². The highest BCUT2D eigenvalue weighted by molar-refractivity contribution is 7.18. The zero-order valence-corrected chi connectivity index (χ0v) is 11.6. The van der Waals surface area contributed by atoms with Crippen LogP contribution in [0.1, 0.15) is 22.5 Å². The molecule has 0 saturated carbocycles. The van der Waals surface area contributed by atoms with Crippen molar-refractivity contribution in [3.63, 3.8) is 0 Å². The first kappa shape index (κ1) is 14.2.